The van der Waals surface area contributed by atoms with E-state index in [9.17, 15) is 5.11 Å². The van der Waals surface area contributed by atoms with Gasteiger partial charge in [0.05, 0.1) is 6.10 Å². The van der Waals surface area contributed by atoms with E-state index in [2.05, 4.69) is 4.90 Å². The number of nitrogens with zero attached hydrogens (tertiary/aromatic N) is 1. The summed E-state index contributed by atoms with van der Waals surface area (Å²) >= 11 is 0. The number of hydrogen-bond acceptors (Lipinski definition) is 2. The van der Waals surface area contributed by atoms with Crippen LogP contribution >= 0.6 is 0 Å². The molecule has 0 aromatic carbocycles. The van der Waals surface area contributed by atoms with Crippen LogP contribution in [0.25, 0.3) is 0 Å². The third-order valence-electron chi connectivity index (χ3n) is 4.06. The van der Waals surface area contributed by atoms with Crippen LogP contribution in [-0.2, 0) is 0 Å². The first-order chi connectivity index (χ1) is 7.27. The van der Waals surface area contributed by atoms with Crippen LogP contribution in [-0.4, -0.2) is 34.7 Å². The van der Waals surface area contributed by atoms with Crippen LogP contribution < -0.4 is 0 Å². The Labute approximate surface area is 93.7 Å². The quantitative estimate of drug-likeness (QED) is 0.772. The van der Waals surface area contributed by atoms with Gasteiger partial charge in [-0.2, -0.15) is 0 Å². The molecule has 2 fully saturated rings. The molecule has 0 spiro atoms. The van der Waals surface area contributed by atoms with E-state index in [1.807, 2.05) is 6.92 Å². The maximum atomic E-state index is 9.60. The van der Waals surface area contributed by atoms with Crippen molar-refractivity contribution in [2.24, 2.45) is 0 Å². The van der Waals surface area contributed by atoms with E-state index in [1.165, 1.54) is 51.4 Å². The lowest BCUT2D eigenvalue weighted by atomic mass is 10.1. The molecule has 1 N–H and O–H groups in total. The van der Waals surface area contributed by atoms with Crippen LogP contribution in [0.3, 0.4) is 0 Å². The first-order valence-electron chi connectivity index (χ1n) is 6.71. The molecule has 0 aliphatic heterocycles. The molecular formula is C13H25NO. The van der Waals surface area contributed by atoms with Crippen LogP contribution in [0.2, 0.25) is 0 Å². The highest BCUT2D eigenvalue weighted by atomic mass is 16.3. The van der Waals surface area contributed by atoms with Gasteiger partial charge in [0, 0.05) is 18.6 Å². The topological polar surface area (TPSA) is 23.5 Å². The Morgan fingerprint density at radius 3 is 1.73 bits per heavy atom. The summed E-state index contributed by atoms with van der Waals surface area (Å²) in [6, 6.07) is 1.56. The summed E-state index contributed by atoms with van der Waals surface area (Å²) in [6.45, 7) is 2.83. The summed E-state index contributed by atoms with van der Waals surface area (Å²) in [5.74, 6) is 0. The van der Waals surface area contributed by atoms with E-state index in [-0.39, 0.29) is 6.10 Å². The predicted octanol–water partition coefficient (Wildman–Crippen LogP) is 2.55. The lowest BCUT2D eigenvalue weighted by Gasteiger charge is -2.35. The van der Waals surface area contributed by atoms with Crippen molar-refractivity contribution in [3.05, 3.63) is 0 Å². The Kier molecular flexibility index (Phi) is 4.04. The third-order valence-corrected chi connectivity index (χ3v) is 4.06. The van der Waals surface area contributed by atoms with Crippen LogP contribution in [0.1, 0.15) is 58.3 Å². The Morgan fingerprint density at radius 1 is 1.00 bits per heavy atom. The van der Waals surface area contributed by atoms with Crippen LogP contribution in [0.5, 0.6) is 0 Å². The Bertz CT molecular complexity index is 165. The predicted molar refractivity (Wildman–Crippen MR) is 62.9 cm³/mol. The molecular weight excluding hydrogens is 186 g/mol. The van der Waals surface area contributed by atoms with Gasteiger partial charge in [0.15, 0.2) is 0 Å². The first kappa shape index (κ1) is 11.4. The zero-order chi connectivity index (χ0) is 10.7. The summed E-state index contributed by atoms with van der Waals surface area (Å²) in [4.78, 5) is 2.63. The molecule has 0 radical (unpaired) electrons. The fraction of sp³-hybridized carbons (Fsp3) is 1.00. The lowest BCUT2D eigenvalue weighted by Crippen LogP contribution is -2.44. The van der Waals surface area contributed by atoms with Crippen molar-refractivity contribution < 1.29 is 5.11 Å². The van der Waals surface area contributed by atoms with Gasteiger partial charge in [-0.1, -0.05) is 25.7 Å². The summed E-state index contributed by atoms with van der Waals surface area (Å²) in [7, 11) is 0. The lowest BCUT2D eigenvalue weighted by molar-refractivity contribution is 0.0673. The van der Waals surface area contributed by atoms with Crippen molar-refractivity contribution in [1.29, 1.82) is 0 Å². The molecule has 0 heterocycles. The molecule has 88 valence electrons. The normalized spacial score (nSPS) is 26.6. The second-order valence-electron chi connectivity index (χ2n) is 5.42. The Hall–Kier alpha value is -0.0800. The van der Waals surface area contributed by atoms with Crippen LogP contribution in [0, 0.1) is 0 Å². The smallest absolute Gasteiger partial charge is 0.0639 e. The third kappa shape index (κ3) is 2.94. The minimum Gasteiger partial charge on any atom is -0.392 e. The molecule has 15 heavy (non-hydrogen) atoms. The van der Waals surface area contributed by atoms with E-state index in [0.29, 0.717) is 0 Å². The average molecular weight is 211 g/mol. The van der Waals surface area contributed by atoms with Crippen molar-refractivity contribution in [2.75, 3.05) is 6.54 Å². The Morgan fingerprint density at radius 2 is 1.40 bits per heavy atom. The zero-order valence-electron chi connectivity index (χ0n) is 9.99. The fourth-order valence-corrected chi connectivity index (χ4v) is 3.37. The van der Waals surface area contributed by atoms with Gasteiger partial charge in [-0.15, -0.1) is 0 Å². The molecule has 2 rings (SSSR count). The molecule has 0 saturated heterocycles. The van der Waals surface area contributed by atoms with E-state index in [1.54, 1.807) is 0 Å². The minimum atomic E-state index is -0.161. The largest absolute Gasteiger partial charge is 0.392 e. The van der Waals surface area contributed by atoms with Crippen molar-refractivity contribution in [3.63, 3.8) is 0 Å². The summed E-state index contributed by atoms with van der Waals surface area (Å²) < 4.78 is 0. The van der Waals surface area contributed by atoms with E-state index in [4.69, 9.17) is 0 Å². The van der Waals surface area contributed by atoms with Crippen LogP contribution in [0.15, 0.2) is 0 Å². The molecule has 2 aliphatic rings. The van der Waals surface area contributed by atoms with Gasteiger partial charge in [-0.25, -0.2) is 0 Å². The van der Waals surface area contributed by atoms with E-state index < -0.39 is 0 Å². The fourth-order valence-electron chi connectivity index (χ4n) is 3.37. The molecule has 0 bridgehead atoms. The number of hydrogen-bond donors (Lipinski definition) is 1. The molecule has 2 saturated carbocycles. The maximum Gasteiger partial charge on any atom is 0.0639 e. The highest BCUT2D eigenvalue weighted by Crippen LogP contribution is 2.31. The molecule has 1 unspecified atom stereocenters. The van der Waals surface area contributed by atoms with E-state index >= 15 is 0 Å². The van der Waals surface area contributed by atoms with Gasteiger partial charge in [0.25, 0.3) is 0 Å². The van der Waals surface area contributed by atoms with Crippen molar-refractivity contribution in [1.82, 2.24) is 4.90 Å². The minimum absolute atomic E-state index is 0.161. The molecule has 2 heteroatoms. The average Bonchev–Trinajstić information content (AvgIpc) is 2.87. The molecule has 0 aromatic rings. The second-order valence-corrected chi connectivity index (χ2v) is 5.42. The number of aliphatic hydroxyl groups is 1. The molecule has 0 amide bonds. The zero-order valence-corrected chi connectivity index (χ0v) is 9.99. The van der Waals surface area contributed by atoms with Gasteiger partial charge in [0.1, 0.15) is 0 Å². The summed E-state index contributed by atoms with van der Waals surface area (Å²) in [5, 5.41) is 9.60. The monoisotopic (exact) mass is 211 g/mol. The van der Waals surface area contributed by atoms with E-state index in [0.717, 1.165) is 18.6 Å². The molecule has 2 nitrogen and oxygen atoms in total. The standard InChI is InChI=1S/C13H25NO/c1-11(15)10-14(12-6-2-3-7-12)13-8-4-5-9-13/h11-13,15H,2-10H2,1H3. The summed E-state index contributed by atoms with van der Waals surface area (Å²) in [6.07, 6.45) is 10.9. The second kappa shape index (κ2) is 5.31. The Balaban J connectivity index is 1.94. The molecule has 1 atom stereocenters. The number of rotatable bonds is 4. The highest BCUT2D eigenvalue weighted by molar-refractivity contribution is 4.86. The molecule has 0 aromatic heterocycles. The first-order valence-corrected chi connectivity index (χ1v) is 6.71. The van der Waals surface area contributed by atoms with Crippen molar-refractivity contribution in [3.8, 4) is 0 Å². The highest BCUT2D eigenvalue weighted by Gasteiger charge is 2.30. The SMILES string of the molecule is CC(O)CN(C1CCCC1)C1CCCC1. The van der Waals surface area contributed by atoms with Crippen LogP contribution in [0.4, 0.5) is 0 Å². The van der Waals surface area contributed by atoms with Crippen molar-refractivity contribution in [2.45, 2.75) is 76.5 Å². The maximum absolute atomic E-state index is 9.60. The molecule has 2 aliphatic carbocycles. The van der Waals surface area contributed by atoms with Crippen molar-refractivity contribution >= 4 is 0 Å². The van der Waals surface area contributed by atoms with Gasteiger partial charge in [-0.05, 0) is 32.6 Å². The summed E-state index contributed by atoms with van der Waals surface area (Å²) in [5.41, 5.74) is 0. The van der Waals surface area contributed by atoms with Gasteiger partial charge >= 0.3 is 0 Å². The number of aliphatic hydroxyl groups excluding tert-OH is 1. The van der Waals surface area contributed by atoms with Gasteiger partial charge in [0.2, 0.25) is 0 Å². The van der Waals surface area contributed by atoms with Gasteiger partial charge < -0.3 is 5.11 Å². The van der Waals surface area contributed by atoms with Gasteiger partial charge in [-0.3, -0.25) is 4.90 Å².